The highest BCUT2D eigenvalue weighted by Crippen LogP contribution is 2.26. The number of H-pyrrole nitrogens is 1. The summed E-state index contributed by atoms with van der Waals surface area (Å²) in [6, 6.07) is 5.17. The number of carbonyl (C=O) groups excluding carboxylic acids is 2. The van der Waals surface area contributed by atoms with Gasteiger partial charge in [-0.05, 0) is 37.6 Å². The number of rotatable bonds is 3. The summed E-state index contributed by atoms with van der Waals surface area (Å²) in [4.78, 5) is 25.7. The normalized spacial score (nSPS) is 10.5. The molecule has 2 rings (SSSR count). The Morgan fingerprint density at radius 2 is 2.05 bits per heavy atom. The van der Waals surface area contributed by atoms with Gasteiger partial charge in [0.15, 0.2) is 0 Å². The lowest BCUT2D eigenvalue weighted by molar-refractivity contribution is -0.131. The van der Waals surface area contributed by atoms with E-state index in [1.165, 1.54) is 6.92 Å². The lowest BCUT2D eigenvalue weighted by Crippen LogP contribution is -2.06. The van der Waals surface area contributed by atoms with Crippen LogP contribution in [0.3, 0.4) is 0 Å². The fourth-order valence-electron chi connectivity index (χ4n) is 1.94. The van der Waals surface area contributed by atoms with Crippen LogP contribution in [0.4, 0.5) is 0 Å². The Balaban J connectivity index is 2.46. The maximum atomic E-state index is 11.8. The number of fused-ring (bicyclic) bond motifs is 1. The van der Waals surface area contributed by atoms with Gasteiger partial charge in [0.25, 0.3) is 0 Å². The van der Waals surface area contributed by atoms with Crippen molar-refractivity contribution >= 4 is 22.8 Å². The summed E-state index contributed by atoms with van der Waals surface area (Å²) >= 11 is 0. The molecule has 1 aromatic carbocycles. The number of nitrogens with one attached hydrogen (secondary N) is 1. The number of aromatic amines is 1. The van der Waals surface area contributed by atoms with Crippen molar-refractivity contribution in [2.75, 3.05) is 6.61 Å². The van der Waals surface area contributed by atoms with Crippen LogP contribution in [0.15, 0.2) is 18.2 Å². The van der Waals surface area contributed by atoms with Crippen LogP contribution in [-0.4, -0.2) is 23.5 Å². The van der Waals surface area contributed by atoms with Crippen molar-refractivity contribution in [1.29, 1.82) is 0 Å². The van der Waals surface area contributed by atoms with E-state index in [-0.39, 0.29) is 11.9 Å². The number of hydrogen-bond donors (Lipinski definition) is 1. The van der Waals surface area contributed by atoms with Gasteiger partial charge in [-0.2, -0.15) is 0 Å². The van der Waals surface area contributed by atoms with Crippen molar-refractivity contribution < 1.29 is 19.1 Å². The number of aryl methyl sites for hydroxylation is 1. The smallest absolute Gasteiger partial charge is 0.355 e. The average Bonchev–Trinajstić information content (AvgIpc) is 2.67. The molecule has 1 heterocycles. The molecule has 5 nitrogen and oxygen atoms in total. The van der Waals surface area contributed by atoms with Gasteiger partial charge in [-0.15, -0.1) is 0 Å². The first-order valence-corrected chi connectivity index (χ1v) is 6.00. The van der Waals surface area contributed by atoms with E-state index in [0.717, 1.165) is 16.5 Å². The van der Waals surface area contributed by atoms with Crippen molar-refractivity contribution in [2.24, 2.45) is 0 Å². The van der Waals surface area contributed by atoms with Crippen LogP contribution in [-0.2, 0) is 9.53 Å². The number of benzene rings is 1. The number of ether oxygens (including phenoxy) is 2. The fraction of sp³-hybridized carbons (Fsp3) is 0.286. The first-order valence-electron chi connectivity index (χ1n) is 6.00. The molecule has 0 atom stereocenters. The van der Waals surface area contributed by atoms with Gasteiger partial charge in [-0.1, -0.05) is 0 Å². The van der Waals surface area contributed by atoms with E-state index < -0.39 is 0 Å². The Bertz CT molecular complexity index is 642. The van der Waals surface area contributed by atoms with Crippen LogP contribution in [0, 0.1) is 6.92 Å². The molecule has 1 aromatic heterocycles. The molecule has 0 radical (unpaired) electrons. The number of hydrogen-bond acceptors (Lipinski definition) is 4. The van der Waals surface area contributed by atoms with Gasteiger partial charge in [0.1, 0.15) is 11.4 Å². The summed E-state index contributed by atoms with van der Waals surface area (Å²) in [6.45, 7) is 5.25. The molecule has 0 saturated heterocycles. The zero-order valence-electron chi connectivity index (χ0n) is 11.1. The fourth-order valence-corrected chi connectivity index (χ4v) is 1.94. The molecular weight excluding hydrogens is 246 g/mol. The van der Waals surface area contributed by atoms with Crippen LogP contribution < -0.4 is 4.74 Å². The molecular formula is C14H15NO4. The minimum absolute atomic E-state index is 0.326. The monoisotopic (exact) mass is 261 g/mol. The Morgan fingerprint density at radius 1 is 1.32 bits per heavy atom. The Hall–Kier alpha value is -2.30. The summed E-state index contributed by atoms with van der Waals surface area (Å²) in [7, 11) is 0. The van der Waals surface area contributed by atoms with E-state index in [0.29, 0.717) is 18.1 Å². The van der Waals surface area contributed by atoms with E-state index in [9.17, 15) is 9.59 Å². The molecule has 0 saturated carbocycles. The second kappa shape index (κ2) is 5.14. The van der Waals surface area contributed by atoms with Crippen molar-refractivity contribution in [2.45, 2.75) is 20.8 Å². The lowest BCUT2D eigenvalue weighted by Gasteiger charge is -2.01. The molecule has 0 spiro atoms. The topological polar surface area (TPSA) is 68.4 Å². The zero-order valence-corrected chi connectivity index (χ0v) is 11.1. The predicted octanol–water partition coefficient (Wildman–Crippen LogP) is 2.58. The maximum absolute atomic E-state index is 11.8. The van der Waals surface area contributed by atoms with Crippen LogP contribution in [0.5, 0.6) is 5.75 Å². The Kier molecular flexibility index (Phi) is 3.55. The van der Waals surface area contributed by atoms with Gasteiger partial charge in [-0.3, -0.25) is 4.79 Å². The summed E-state index contributed by atoms with van der Waals surface area (Å²) in [5, 5.41) is 0.835. The first kappa shape index (κ1) is 13.1. The number of esters is 2. The van der Waals surface area contributed by atoms with E-state index >= 15 is 0 Å². The maximum Gasteiger partial charge on any atom is 0.355 e. The summed E-state index contributed by atoms with van der Waals surface area (Å²) < 4.78 is 10.0. The number of aromatic nitrogens is 1. The van der Waals surface area contributed by atoms with Crippen LogP contribution in [0.2, 0.25) is 0 Å². The molecule has 19 heavy (non-hydrogen) atoms. The van der Waals surface area contributed by atoms with E-state index in [4.69, 9.17) is 9.47 Å². The highest BCUT2D eigenvalue weighted by molar-refractivity contribution is 5.98. The molecule has 2 aromatic rings. The van der Waals surface area contributed by atoms with Crippen molar-refractivity contribution in [3.8, 4) is 5.75 Å². The molecule has 5 heteroatoms. The van der Waals surface area contributed by atoms with E-state index in [1.807, 2.05) is 6.92 Å². The van der Waals surface area contributed by atoms with E-state index in [2.05, 4.69) is 4.98 Å². The SMILES string of the molecule is CCOC(=O)c1[nH]c2ccc(OC(C)=O)cc2c1C. The molecule has 0 aliphatic rings. The largest absolute Gasteiger partial charge is 0.461 e. The summed E-state index contributed by atoms with van der Waals surface area (Å²) in [6.07, 6.45) is 0. The van der Waals surface area contributed by atoms with Gasteiger partial charge < -0.3 is 14.5 Å². The highest BCUT2D eigenvalue weighted by atomic mass is 16.5. The summed E-state index contributed by atoms with van der Waals surface area (Å²) in [5.41, 5.74) is 2.01. The standard InChI is InChI=1S/C14H15NO4/c1-4-18-14(17)13-8(2)11-7-10(19-9(3)16)5-6-12(11)15-13/h5-7,15H,4H2,1-3H3. The van der Waals surface area contributed by atoms with Gasteiger partial charge >= 0.3 is 11.9 Å². The second-order valence-electron chi connectivity index (χ2n) is 4.15. The molecule has 0 amide bonds. The molecule has 1 N–H and O–H groups in total. The van der Waals surface area contributed by atoms with Crippen LogP contribution >= 0.6 is 0 Å². The third-order valence-electron chi connectivity index (χ3n) is 2.77. The van der Waals surface area contributed by atoms with Gasteiger partial charge in [0.05, 0.1) is 6.61 Å². The lowest BCUT2D eigenvalue weighted by atomic mass is 10.1. The molecule has 0 unspecified atom stereocenters. The quantitative estimate of drug-likeness (QED) is 0.681. The minimum atomic E-state index is -0.384. The van der Waals surface area contributed by atoms with Gasteiger partial charge in [0.2, 0.25) is 0 Å². The minimum Gasteiger partial charge on any atom is -0.461 e. The van der Waals surface area contributed by atoms with Gasteiger partial charge in [0, 0.05) is 17.8 Å². The van der Waals surface area contributed by atoms with Crippen molar-refractivity contribution in [3.05, 3.63) is 29.5 Å². The van der Waals surface area contributed by atoms with Crippen molar-refractivity contribution in [1.82, 2.24) is 4.98 Å². The summed E-state index contributed by atoms with van der Waals surface area (Å²) in [5.74, 6) is -0.305. The zero-order chi connectivity index (χ0) is 14.0. The first-order chi connectivity index (χ1) is 9.02. The van der Waals surface area contributed by atoms with Crippen LogP contribution in [0.1, 0.15) is 29.9 Å². The van der Waals surface area contributed by atoms with Crippen LogP contribution in [0.25, 0.3) is 10.9 Å². The Morgan fingerprint density at radius 3 is 2.68 bits per heavy atom. The third kappa shape index (κ3) is 2.59. The van der Waals surface area contributed by atoms with E-state index in [1.54, 1.807) is 25.1 Å². The highest BCUT2D eigenvalue weighted by Gasteiger charge is 2.16. The molecule has 0 fully saturated rings. The molecule has 100 valence electrons. The second-order valence-corrected chi connectivity index (χ2v) is 4.15. The predicted molar refractivity (Wildman–Crippen MR) is 70.3 cm³/mol. The molecule has 0 aliphatic heterocycles. The average molecular weight is 261 g/mol. The molecule has 0 bridgehead atoms. The Labute approximate surface area is 110 Å². The van der Waals surface area contributed by atoms with Crippen molar-refractivity contribution in [3.63, 3.8) is 0 Å². The van der Waals surface area contributed by atoms with Gasteiger partial charge in [-0.25, -0.2) is 4.79 Å². The third-order valence-corrected chi connectivity index (χ3v) is 2.77. The molecule has 0 aliphatic carbocycles. The number of carbonyl (C=O) groups is 2.